The highest BCUT2D eigenvalue weighted by Gasteiger charge is 2.09. The summed E-state index contributed by atoms with van der Waals surface area (Å²) < 4.78 is 5.17. The first-order valence-corrected chi connectivity index (χ1v) is 5.91. The molecule has 3 N–H and O–H groups in total. The fourth-order valence-electron chi connectivity index (χ4n) is 1.35. The number of anilines is 1. The number of rotatable bonds is 6. The SMILES string of the molecule is COC(C)CNc1cnc(C(C)C)nc1CN. The first-order valence-electron chi connectivity index (χ1n) is 5.91. The summed E-state index contributed by atoms with van der Waals surface area (Å²) >= 11 is 0. The minimum atomic E-state index is 0.144. The lowest BCUT2D eigenvalue weighted by molar-refractivity contribution is 0.129. The zero-order valence-corrected chi connectivity index (χ0v) is 11.0. The summed E-state index contributed by atoms with van der Waals surface area (Å²) in [5.74, 6) is 1.14. The van der Waals surface area contributed by atoms with Crippen molar-refractivity contribution in [2.75, 3.05) is 19.0 Å². The highest BCUT2D eigenvalue weighted by atomic mass is 16.5. The van der Waals surface area contributed by atoms with Crippen molar-refractivity contribution in [1.29, 1.82) is 0 Å². The second-order valence-corrected chi connectivity index (χ2v) is 4.37. The topological polar surface area (TPSA) is 73.1 Å². The van der Waals surface area contributed by atoms with E-state index in [-0.39, 0.29) is 6.10 Å². The Morgan fingerprint density at radius 3 is 2.65 bits per heavy atom. The van der Waals surface area contributed by atoms with Crippen molar-refractivity contribution in [2.45, 2.75) is 39.3 Å². The summed E-state index contributed by atoms with van der Waals surface area (Å²) in [6, 6.07) is 0. The molecule has 0 radical (unpaired) electrons. The first-order chi connectivity index (χ1) is 8.08. The van der Waals surface area contributed by atoms with Crippen LogP contribution in [0.15, 0.2) is 6.20 Å². The van der Waals surface area contributed by atoms with Gasteiger partial charge in [-0.1, -0.05) is 13.8 Å². The Morgan fingerprint density at radius 1 is 1.41 bits per heavy atom. The molecule has 0 saturated carbocycles. The van der Waals surface area contributed by atoms with Crippen molar-refractivity contribution in [3.05, 3.63) is 17.7 Å². The monoisotopic (exact) mass is 238 g/mol. The van der Waals surface area contributed by atoms with E-state index in [0.29, 0.717) is 19.0 Å². The Balaban J connectivity index is 2.78. The van der Waals surface area contributed by atoms with Crippen molar-refractivity contribution in [1.82, 2.24) is 9.97 Å². The number of aromatic nitrogens is 2. The van der Waals surface area contributed by atoms with Crippen LogP contribution in [0.5, 0.6) is 0 Å². The lowest BCUT2D eigenvalue weighted by atomic mass is 10.2. The summed E-state index contributed by atoms with van der Waals surface area (Å²) in [4.78, 5) is 8.78. The Labute approximate surface area is 103 Å². The maximum atomic E-state index is 5.70. The lowest BCUT2D eigenvalue weighted by Gasteiger charge is -2.15. The molecule has 0 saturated heterocycles. The summed E-state index contributed by atoms with van der Waals surface area (Å²) in [5, 5.41) is 3.25. The van der Waals surface area contributed by atoms with E-state index < -0.39 is 0 Å². The molecule has 1 unspecified atom stereocenters. The van der Waals surface area contributed by atoms with Crippen LogP contribution in [0.25, 0.3) is 0 Å². The molecule has 1 heterocycles. The second-order valence-electron chi connectivity index (χ2n) is 4.37. The molecule has 96 valence electrons. The number of hydrogen-bond donors (Lipinski definition) is 2. The van der Waals surface area contributed by atoms with E-state index in [1.807, 2.05) is 6.92 Å². The maximum absolute atomic E-state index is 5.70. The third-order valence-corrected chi connectivity index (χ3v) is 2.58. The average molecular weight is 238 g/mol. The number of ether oxygens (including phenoxy) is 1. The van der Waals surface area contributed by atoms with E-state index in [0.717, 1.165) is 17.2 Å². The molecule has 0 aromatic carbocycles. The van der Waals surface area contributed by atoms with Gasteiger partial charge < -0.3 is 15.8 Å². The summed E-state index contributed by atoms with van der Waals surface area (Å²) in [6.07, 6.45) is 1.94. The third kappa shape index (κ3) is 3.94. The number of nitrogens with one attached hydrogen (secondary N) is 1. The third-order valence-electron chi connectivity index (χ3n) is 2.58. The molecule has 0 spiro atoms. The fourth-order valence-corrected chi connectivity index (χ4v) is 1.35. The van der Waals surface area contributed by atoms with Gasteiger partial charge in [-0.05, 0) is 6.92 Å². The van der Waals surface area contributed by atoms with Crippen molar-refractivity contribution < 1.29 is 4.74 Å². The van der Waals surface area contributed by atoms with Gasteiger partial charge >= 0.3 is 0 Å². The van der Waals surface area contributed by atoms with Crippen LogP contribution in [0.1, 0.15) is 38.2 Å². The molecule has 0 amide bonds. The van der Waals surface area contributed by atoms with Gasteiger partial charge in [-0.2, -0.15) is 0 Å². The molecule has 0 fully saturated rings. The summed E-state index contributed by atoms with van der Waals surface area (Å²) in [5.41, 5.74) is 7.44. The van der Waals surface area contributed by atoms with Crippen LogP contribution in [0.2, 0.25) is 0 Å². The van der Waals surface area contributed by atoms with Crippen LogP contribution in [0.3, 0.4) is 0 Å². The molecular weight excluding hydrogens is 216 g/mol. The highest BCUT2D eigenvalue weighted by molar-refractivity contribution is 5.46. The summed E-state index contributed by atoms with van der Waals surface area (Å²) in [7, 11) is 1.69. The lowest BCUT2D eigenvalue weighted by Crippen LogP contribution is -2.20. The molecule has 1 aromatic heterocycles. The predicted molar refractivity (Wildman–Crippen MR) is 69.0 cm³/mol. The number of nitrogens with two attached hydrogens (primary N) is 1. The Kier molecular flexibility index (Phi) is 5.31. The Bertz CT molecular complexity index is 354. The van der Waals surface area contributed by atoms with E-state index >= 15 is 0 Å². The molecule has 0 aliphatic heterocycles. The summed E-state index contributed by atoms with van der Waals surface area (Å²) in [6.45, 7) is 7.25. The van der Waals surface area contributed by atoms with Gasteiger partial charge in [0, 0.05) is 26.1 Å². The zero-order chi connectivity index (χ0) is 12.8. The smallest absolute Gasteiger partial charge is 0.131 e. The van der Waals surface area contributed by atoms with E-state index in [1.165, 1.54) is 0 Å². The van der Waals surface area contributed by atoms with Crippen LogP contribution in [0.4, 0.5) is 5.69 Å². The van der Waals surface area contributed by atoms with Gasteiger partial charge in [0.15, 0.2) is 0 Å². The molecular formula is C12H22N4O. The van der Waals surface area contributed by atoms with Crippen molar-refractivity contribution in [3.63, 3.8) is 0 Å². The number of hydrogen-bond acceptors (Lipinski definition) is 5. The van der Waals surface area contributed by atoms with Gasteiger partial charge in [0.1, 0.15) is 5.82 Å². The molecule has 5 nitrogen and oxygen atoms in total. The zero-order valence-electron chi connectivity index (χ0n) is 11.0. The minimum absolute atomic E-state index is 0.144. The molecule has 0 aliphatic carbocycles. The van der Waals surface area contributed by atoms with Crippen LogP contribution in [-0.4, -0.2) is 29.7 Å². The van der Waals surface area contributed by atoms with Gasteiger partial charge in [-0.15, -0.1) is 0 Å². The molecule has 1 aromatic rings. The fraction of sp³-hybridized carbons (Fsp3) is 0.667. The standard InChI is InChI=1S/C12H22N4O/c1-8(2)12-15-7-11(10(5-13)16-12)14-6-9(3)17-4/h7-9,14H,5-6,13H2,1-4H3. The quantitative estimate of drug-likeness (QED) is 0.786. The van der Waals surface area contributed by atoms with Gasteiger partial charge in [-0.25, -0.2) is 9.97 Å². The van der Waals surface area contributed by atoms with Crippen molar-refractivity contribution in [3.8, 4) is 0 Å². The molecule has 1 rings (SSSR count). The normalized spacial score (nSPS) is 12.8. The molecule has 17 heavy (non-hydrogen) atoms. The van der Waals surface area contributed by atoms with E-state index in [4.69, 9.17) is 10.5 Å². The molecule has 1 atom stereocenters. The molecule has 0 aliphatic rings. The van der Waals surface area contributed by atoms with Gasteiger partial charge in [0.05, 0.1) is 23.7 Å². The Hall–Kier alpha value is -1.20. The number of nitrogens with zero attached hydrogens (tertiary/aromatic N) is 2. The van der Waals surface area contributed by atoms with E-state index in [9.17, 15) is 0 Å². The first kappa shape index (κ1) is 13.9. The maximum Gasteiger partial charge on any atom is 0.131 e. The van der Waals surface area contributed by atoms with Gasteiger partial charge in [0.25, 0.3) is 0 Å². The van der Waals surface area contributed by atoms with Gasteiger partial charge in [0.2, 0.25) is 0 Å². The predicted octanol–water partition coefficient (Wildman–Crippen LogP) is 1.51. The van der Waals surface area contributed by atoms with Crippen molar-refractivity contribution >= 4 is 5.69 Å². The average Bonchev–Trinajstić information content (AvgIpc) is 2.35. The molecule has 5 heteroatoms. The van der Waals surface area contributed by atoms with Gasteiger partial charge in [-0.3, -0.25) is 0 Å². The largest absolute Gasteiger partial charge is 0.380 e. The minimum Gasteiger partial charge on any atom is -0.380 e. The van der Waals surface area contributed by atoms with E-state index in [2.05, 4.69) is 29.1 Å². The number of methoxy groups -OCH3 is 1. The van der Waals surface area contributed by atoms with Crippen LogP contribution >= 0.6 is 0 Å². The van der Waals surface area contributed by atoms with Crippen molar-refractivity contribution in [2.24, 2.45) is 5.73 Å². The Morgan fingerprint density at radius 2 is 2.12 bits per heavy atom. The van der Waals surface area contributed by atoms with Crippen LogP contribution in [-0.2, 0) is 11.3 Å². The van der Waals surface area contributed by atoms with E-state index in [1.54, 1.807) is 13.3 Å². The second kappa shape index (κ2) is 6.51. The van der Waals surface area contributed by atoms with Crippen LogP contribution in [0, 0.1) is 0 Å². The highest BCUT2D eigenvalue weighted by Crippen LogP contribution is 2.15. The molecule has 0 bridgehead atoms. The van der Waals surface area contributed by atoms with Crippen LogP contribution < -0.4 is 11.1 Å².